The van der Waals surface area contributed by atoms with Crippen molar-refractivity contribution in [2.45, 2.75) is 6.42 Å². The van der Waals surface area contributed by atoms with E-state index in [1.54, 1.807) is 5.38 Å². The second kappa shape index (κ2) is 6.10. The Morgan fingerprint density at radius 3 is 2.85 bits per heavy atom. The molecule has 0 aliphatic carbocycles. The van der Waals surface area contributed by atoms with Gasteiger partial charge in [-0.1, -0.05) is 0 Å². The molecule has 0 saturated heterocycles. The number of hydrogen-bond donors (Lipinski definition) is 2. The molecule has 1 aromatic carbocycles. The van der Waals surface area contributed by atoms with Crippen molar-refractivity contribution in [1.29, 1.82) is 0 Å². The first kappa shape index (κ1) is 14.6. The molecule has 0 radical (unpaired) electrons. The summed E-state index contributed by atoms with van der Waals surface area (Å²) in [5.74, 6) is -1.89. The highest BCUT2D eigenvalue weighted by molar-refractivity contribution is 9.10. The third kappa shape index (κ3) is 3.61. The minimum absolute atomic E-state index is 0.202. The molecular formula is C12H8BrFN2O3S. The van der Waals surface area contributed by atoms with Crippen LogP contribution in [-0.4, -0.2) is 22.0 Å². The number of hydrogen-bond acceptors (Lipinski definition) is 4. The number of rotatable bonds is 4. The van der Waals surface area contributed by atoms with Gasteiger partial charge < -0.3 is 5.11 Å². The summed E-state index contributed by atoms with van der Waals surface area (Å²) in [6.07, 6.45) is -0.202. The van der Waals surface area contributed by atoms with E-state index in [4.69, 9.17) is 5.11 Å². The summed E-state index contributed by atoms with van der Waals surface area (Å²) < 4.78 is 13.3. The summed E-state index contributed by atoms with van der Waals surface area (Å²) in [4.78, 5) is 26.5. The Kier molecular flexibility index (Phi) is 4.46. The average Bonchev–Trinajstić information content (AvgIpc) is 2.75. The molecule has 0 aliphatic rings. The summed E-state index contributed by atoms with van der Waals surface area (Å²) in [5, 5.41) is 13.0. The molecule has 20 heavy (non-hydrogen) atoms. The molecule has 1 aromatic heterocycles. The molecule has 0 unspecified atom stereocenters. The highest BCUT2D eigenvalue weighted by atomic mass is 79.9. The minimum Gasteiger partial charge on any atom is -0.481 e. The average molecular weight is 359 g/mol. The first-order valence-corrected chi connectivity index (χ1v) is 7.05. The van der Waals surface area contributed by atoms with Crippen molar-refractivity contribution in [3.8, 4) is 0 Å². The van der Waals surface area contributed by atoms with E-state index < -0.39 is 17.7 Å². The minimum atomic E-state index is -0.991. The Labute approximate surface area is 125 Å². The van der Waals surface area contributed by atoms with Gasteiger partial charge in [-0.2, -0.15) is 0 Å². The number of nitrogens with zero attached hydrogens (tertiary/aromatic N) is 1. The topological polar surface area (TPSA) is 79.3 Å². The third-order valence-corrected chi connectivity index (χ3v) is 3.74. The fourth-order valence-corrected chi connectivity index (χ4v) is 2.67. The molecule has 0 aliphatic heterocycles. The monoisotopic (exact) mass is 358 g/mol. The number of aromatic nitrogens is 1. The van der Waals surface area contributed by atoms with E-state index in [0.717, 1.165) is 11.3 Å². The molecule has 104 valence electrons. The molecule has 1 amide bonds. The number of benzene rings is 1. The maximum Gasteiger partial charge on any atom is 0.309 e. The molecule has 0 saturated carbocycles. The summed E-state index contributed by atoms with van der Waals surface area (Å²) >= 11 is 4.23. The molecule has 0 fully saturated rings. The summed E-state index contributed by atoms with van der Waals surface area (Å²) in [7, 11) is 0. The van der Waals surface area contributed by atoms with Gasteiger partial charge in [0.2, 0.25) is 0 Å². The lowest BCUT2D eigenvalue weighted by Gasteiger charge is -2.04. The molecule has 2 rings (SSSR count). The second-order valence-corrected chi connectivity index (χ2v) is 5.51. The molecule has 5 nitrogen and oxygen atoms in total. The Bertz CT molecular complexity index is 674. The third-order valence-electron chi connectivity index (χ3n) is 2.28. The largest absolute Gasteiger partial charge is 0.481 e. The zero-order valence-corrected chi connectivity index (χ0v) is 12.3. The van der Waals surface area contributed by atoms with Gasteiger partial charge in [0.05, 0.1) is 17.7 Å². The summed E-state index contributed by atoms with van der Waals surface area (Å²) in [6, 6.07) is 3.71. The molecule has 0 bridgehead atoms. The van der Waals surface area contributed by atoms with E-state index >= 15 is 0 Å². The quantitative estimate of drug-likeness (QED) is 0.880. The van der Waals surface area contributed by atoms with Crippen molar-refractivity contribution >= 4 is 44.3 Å². The van der Waals surface area contributed by atoms with Gasteiger partial charge in [0.1, 0.15) is 5.82 Å². The molecule has 0 spiro atoms. The predicted octanol–water partition coefficient (Wildman–Crippen LogP) is 2.92. The zero-order chi connectivity index (χ0) is 14.7. The molecular weight excluding hydrogens is 351 g/mol. The molecule has 2 N–H and O–H groups in total. The number of carboxylic acid groups (broad SMARTS) is 1. The van der Waals surface area contributed by atoms with E-state index in [1.165, 1.54) is 18.2 Å². The van der Waals surface area contributed by atoms with Gasteiger partial charge in [0.15, 0.2) is 5.13 Å². The number of carbonyl (C=O) groups is 2. The molecule has 1 heterocycles. The number of anilines is 1. The Hall–Kier alpha value is -1.80. The van der Waals surface area contributed by atoms with Gasteiger partial charge in [0.25, 0.3) is 5.91 Å². The SMILES string of the molecule is O=C(O)Cc1csc(NC(=O)c2ccc(F)cc2Br)n1. The number of carboxylic acids is 1. The first-order chi connectivity index (χ1) is 9.45. The van der Waals surface area contributed by atoms with E-state index in [2.05, 4.69) is 26.2 Å². The lowest BCUT2D eigenvalue weighted by Crippen LogP contribution is -2.12. The predicted molar refractivity (Wildman–Crippen MR) is 75.5 cm³/mol. The zero-order valence-electron chi connectivity index (χ0n) is 9.89. The number of amides is 1. The van der Waals surface area contributed by atoms with Crippen LogP contribution in [0.3, 0.4) is 0 Å². The number of aliphatic carboxylic acids is 1. The van der Waals surface area contributed by atoms with Crippen molar-refractivity contribution in [1.82, 2.24) is 4.98 Å². The van der Waals surface area contributed by atoms with Crippen molar-refractivity contribution in [2.75, 3.05) is 5.32 Å². The van der Waals surface area contributed by atoms with Crippen molar-refractivity contribution in [3.63, 3.8) is 0 Å². The van der Waals surface area contributed by atoms with Crippen LogP contribution in [0.2, 0.25) is 0 Å². The Morgan fingerprint density at radius 1 is 1.45 bits per heavy atom. The fraction of sp³-hybridized carbons (Fsp3) is 0.0833. The second-order valence-electron chi connectivity index (χ2n) is 3.79. The van der Waals surface area contributed by atoms with Gasteiger partial charge in [-0.25, -0.2) is 9.37 Å². The van der Waals surface area contributed by atoms with Crippen LogP contribution >= 0.6 is 27.3 Å². The number of nitrogens with one attached hydrogen (secondary N) is 1. The smallest absolute Gasteiger partial charge is 0.309 e. The molecule has 0 atom stereocenters. The number of carbonyl (C=O) groups excluding carboxylic acids is 1. The van der Waals surface area contributed by atoms with Crippen LogP contribution in [-0.2, 0) is 11.2 Å². The fourth-order valence-electron chi connectivity index (χ4n) is 1.44. The van der Waals surface area contributed by atoms with E-state index in [0.29, 0.717) is 15.3 Å². The Morgan fingerprint density at radius 2 is 2.20 bits per heavy atom. The maximum absolute atomic E-state index is 12.9. The lowest BCUT2D eigenvalue weighted by molar-refractivity contribution is -0.136. The number of thiazole rings is 1. The Balaban J connectivity index is 2.11. The highest BCUT2D eigenvalue weighted by Gasteiger charge is 2.13. The van der Waals surface area contributed by atoms with E-state index in [9.17, 15) is 14.0 Å². The molecule has 2 aromatic rings. The van der Waals surface area contributed by atoms with Gasteiger partial charge in [0, 0.05) is 9.85 Å². The van der Waals surface area contributed by atoms with Gasteiger partial charge in [-0.15, -0.1) is 11.3 Å². The van der Waals surface area contributed by atoms with Gasteiger partial charge >= 0.3 is 5.97 Å². The van der Waals surface area contributed by atoms with Crippen LogP contribution in [0.1, 0.15) is 16.1 Å². The van der Waals surface area contributed by atoms with E-state index in [1.807, 2.05) is 0 Å². The van der Waals surface area contributed by atoms with Crippen LogP contribution in [0.15, 0.2) is 28.1 Å². The summed E-state index contributed by atoms with van der Waals surface area (Å²) in [6.45, 7) is 0. The van der Waals surface area contributed by atoms with Gasteiger partial charge in [-0.05, 0) is 34.1 Å². The maximum atomic E-state index is 12.9. The van der Waals surface area contributed by atoms with Crippen molar-refractivity contribution < 1.29 is 19.1 Å². The molecule has 8 heteroatoms. The van der Waals surface area contributed by atoms with Gasteiger partial charge in [-0.3, -0.25) is 14.9 Å². The van der Waals surface area contributed by atoms with Crippen molar-refractivity contribution in [2.24, 2.45) is 0 Å². The van der Waals surface area contributed by atoms with Crippen molar-refractivity contribution in [3.05, 3.63) is 45.1 Å². The van der Waals surface area contributed by atoms with E-state index in [-0.39, 0.29) is 12.0 Å². The standard InChI is InChI=1S/C12H8BrFN2O3S/c13-9-3-6(14)1-2-8(9)11(19)16-12-15-7(5-20-12)4-10(17)18/h1-3,5H,4H2,(H,17,18)(H,15,16,19). The normalized spacial score (nSPS) is 10.3. The highest BCUT2D eigenvalue weighted by Crippen LogP contribution is 2.21. The summed E-state index contributed by atoms with van der Waals surface area (Å²) in [5.41, 5.74) is 0.636. The van der Waals surface area contributed by atoms with Crippen LogP contribution in [0, 0.1) is 5.82 Å². The number of halogens is 2. The van der Waals surface area contributed by atoms with Crippen LogP contribution in [0.5, 0.6) is 0 Å². The van der Waals surface area contributed by atoms with Crippen LogP contribution < -0.4 is 5.32 Å². The lowest BCUT2D eigenvalue weighted by atomic mass is 10.2. The first-order valence-electron chi connectivity index (χ1n) is 5.38. The van der Waals surface area contributed by atoms with Crippen LogP contribution in [0.4, 0.5) is 9.52 Å². The van der Waals surface area contributed by atoms with Crippen LogP contribution in [0.25, 0.3) is 0 Å².